The second kappa shape index (κ2) is 9.25. The molecule has 0 fully saturated rings. The number of nitrogens with zero attached hydrogens (tertiary/aromatic N) is 1. The number of esters is 1. The third-order valence-corrected chi connectivity index (χ3v) is 5.86. The molecule has 0 radical (unpaired) electrons. The van der Waals surface area contributed by atoms with Gasteiger partial charge in [0.1, 0.15) is 0 Å². The highest BCUT2D eigenvalue weighted by Crippen LogP contribution is 2.33. The normalized spacial score (nSPS) is 18.7. The third kappa shape index (κ3) is 4.69. The summed E-state index contributed by atoms with van der Waals surface area (Å²) in [7, 11) is 1.36. The van der Waals surface area contributed by atoms with Gasteiger partial charge in [-0.25, -0.2) is 4.79 Å². The number of carbonyl (C=O) groups is 2. The first kappa shape index (κ1) is 21.1. The quantitative estimate of drug-likeness (QED) is 0.371. The molecule has 1 aliphatic heterocycles. The predicted molar refractivity (Wildman–Crippen MR) is 116 cm³/mol. The molecule has 2 aliphatic rings. The van der Waals surface area contributed by atoms with E-state index >= 15 is 0 Å². The summed E-state index contributed by atoms with van der Waals surface area (Å²) < 4.78 is 4.99. The van der Waals surface area contributed by atoms with Gasteiger partial charge in [0.2, 0.25) is 0 Å². The second-order valence-corrected chi connectivity index (χ2v) is 8.15. The number of hydrogen-bond acceptors (Lipinski definition) is 3. The Labute approximate surface area is 173 Å². The van der Waals surface area contributed by atoms with Gasteiger partial charge in [-0.05, 0) is 62.1 Å². The molecule has 0 unspecified atom stereocenters. The van der Waals surface area contributed by atoms with Crippen molar-refractivity contribution >= 4 is 18.0 Å². The van der Waals surface area contributed by atoms with Gasteiger partial charge in [0, 0.05) is 12.2 Å². The maximum Gasteiger partial charge on any atom is 0.340 e. The van der Waals surface area contributed by atoms with E-state index in [1.807, 2.05) is 25.1 Å². The average Bonchev–Trinajstić information content (AvgIpc) is 2.96. The first-order valence-electron chi connectivity index (χ1n) is 10.5. The number of allylic oxidation sites excluding steroid dienone is 2. The van der Waals surface area contributed by atoms with Crippen LogP contribution in [-0.2, 0) is 14.3 Å². The molecule has 0 N–H and O–H groups in total. The molecule has 29 heavy (non-hydrogen) atoms. The lowest BCUT2D eigenvalue weighted by atomic mass is 9.97. The zero-order valence-corrected chi connectivity index (χ0v) is 18.0. The highest BCUT2D eigenvalue weighted by atomic mass is 16.5. The number of amides is 1. The summed E-state index contributed by atoms with van der Waals surface area (Å²) in [5, 5.41) is 0. The van der Waals surface area contributed by atoms with E-state index in [1.54, 1.807) is 4.90 Å². The molecular formula is C25H31NO3. The van der Waals surface area contributed by atoms with Crippen molar-refractivity contribution in [1.29, 1.82) is 0 Å². The largest absolute Gasteiger partial charge is 0.465 e. The molecule has 0 saturated heterocycles. The van der Waals surface area contributed by atoms with Crippen molar-refractivity contribution < 1.29 is 14.3 Å². The predicted octanol–water partition coefficient (Wildman–Crippen LogP) is 5.37. The molecule has 4 nitrogen and oxygen atoms in total. The molecule has 4 heteroatoms. The van der Waals surface area contributed by atoms with Gasteiger partial charge in [-0.2, -0.15) is 0 Å². The Morgan fingerprint density at radius 1 is 1.21 bits per heavy atom. The fourth-order valence-corrected chi connectivity index (χ4v) is 4.03. The maximum absolute atomic E-state index is 13.2. The van der Waals surface area contributed by atoms with Crippen LogP contribution < -0.4 is 0 Å². The Hall–Kier alpha value is -2.62. The lowest BCUT2D eigenvalue weighted by Crippen LogP contribution is -2.26. The Bertz CT molecular complexity index is 872. The van der Waals surface area contributed by atoms with Crippen LogP contribution in [0.4, 0.5) is 0 Å². The van der Waals surface area contributed by atoms with Gasteiger partial charge >= 0.3 is 5.97 Å². The summed E-state index contributed by atoms with van der Waals surface area (Å²) in [4.78, 5) is 27.4. The van der Waals surface area contributed by atoms with Crippen LogP contribution in [0.25, 0.3) is 6.08 Å². The number of methoxy groups -OCH3 is 1. The molecule has 154 valence electrons. The molecule has 1 heterocycles. The number of ether oxygens (including phenoxy) is 1. The van der Waals surface area contributed by atoms with Gasteiger partial charge in [0.25, 0.3) is 5.91 Å². The first-order valence-corrected chi connectivity index (χ1v) is 10.5. The van der Waals surface area contributed by atoms with E-state index in [0.717, 1.165) is 24.8 Å². The number of rotatable bonds is 6. The fraction of sp³-hybridized carbons (Fsp3) is 0.440. The lowest BCUT2D eigenvalue weighted by Gasteiger charge is -2.20. The summed E-state index contributed by atoms with van der Waals surface area (Å²) in [6.07, 6.45) is 9.68. The first-order chi connectivity index (χ1) is 13.9. The molecule has 1 aromatic carbocycles. The minimum absolute atomic E-state index is 0.118. The zero-order valence-electron chi connectivity index (χ0n) is 18.0. The Kier molecular flexibility index (Phi) is 6.73. The van der Waals surface area contributed by atoms with Gasteiger partial charge in [-0.1, -0.05) is 49.8 Å². The van der Waals surface area contributed by atoms with Crippen molar-refractivity contribution in [2.45, 2.75) is 58.8 Å². The van der Waals surface area contributed by atoms with Gasteiger partial charge < -0.3 is 9.64 Å². The van der Waals surface area contributed by atoms with Crippen LogP contribution in [0.15, 0.2) is 52.8 Å². The van der Waals surface area contributed by atoms with Crippen LogP contribution in [-0.4, -0.2) is 30.4 Å². The molecule has 0 aromatic heterocycles. The van der Waals surface area contributed by atoms with E-state index in [4.69, 9.17) is 4.74 Å². The Morgan fingerprint density at radius 3 is 2.52 bits per heavy atom. The van der Waals surface area contributed by atoms with Crippen LogP contribution >= 0.6 is 0 Å². The van der Waals surface area contributed by atoms with E-state index in [-0.39, 0.29) is 5.91 Å². The topological polar surface area (TPSA) is 46.6 Å². The van der Waals surface area contributed by atoms with Crippen LogP contribution in [0.1, 0.15) is 69.9 Å². The molecule has 3 rings (SSSR count). The third-order valence-electron chi connectivity index (χ3n) is 5.86. The van der Waals surface area contributed by atoms with E-state index < -0.39 is 5.97 Å². The van der Waals surface area contributed by atoms with Crippen LogP contribution in [0.3, 0.4) is 0 Å². The molecule has 1 amide bonds. The smallest absolute Gasteiger partial charge is 0.340 e. The molecule has 1 aromatic rings. The molecule has 0 saturated carbocycles. The van der Waals surface area contributed by atoms with Gasteiger partial charge in [-0.15, -0.1) is 0 Å². The van der Waals surface area contributed by atoms with Crippen molar-refractivity contribution in [2.24, 2.45) is 0 Å². The van der Waals surface area contributed by atoms with Gasteiger partial charge in [0.05, 0.1) is 18.3 Å². The summed E-state index contributed by atoms with van der Waals surface area (Å²) in [5.41, 5.74) is 5.05. The van der Waals surface area contributed by atoms with E-state index in [1.165, 1.54) is 31.1 Å². The van der Waals surface area contributed by atoms with Gasteiger partial charge in [0.15, 0.2) is 0 Å². The fourth-order valence-electron chi connectivity index (χ4n) is 4.03. The number of hydrogen-bond donors (Lipinski definition) is 0. The van der Waals surface area contributed by atoms with Crippen LogP contribution in [0.2, 0.25) is 0 Å². The van der Waals surface area contributed by atoms with E-state index in [2.05, 4.69) is 32.1 Å². The monoisotopic (exact) mass is 393 g/mol. The van der Waals surface area contributed by atoms with Crippen LogP contribution in [0.5, 0.6) is 0 Å². The molecule has 0 bridgehead atoms. The summed E-state index contributed by atoms with van der Waals surface area (Å²) in [5.74, 6) is -0.130. The molecular weight excluding hydrogens is 362 g/mol. The average molecular weight is 394 g/mol. The van der Waals surface area contributed by atoms with E-state index in [9.17, 15) is 9.59 Å². The van der Waals surface area contributed by atoms with Crippen molar-refractivity contribution in [2.75, 3.05) is 13.7 Å². The maximum atomic E-state index is 13.2. The molecule has 0 atom stereocenters. The SMILES string of the molecule is COC(=O)C1=C(C)N(CCC2=CCCCC2)C(=O)/C1=C\c1ccc(C(C)C)cc1. The van der Waals surface area contributed by atoms with Crippen molar-refractivity contribution in [3.8, 4) is 0 Å². The second-order valence-electron chi connectivity index (χ2n) is 8.15. The summed E-state index contributed by atoms with van der Waals surface area (Å²) in [6.45, 7) is 6.73. The van der Waals surface area contributed by atoms with Crippen molar-refractivity contribution in [3.63, 3.8) is 0 Å². The molecule has 0 spiro atoms. The zero-order chi connectivity index (χ0) is 21.0. The Balaban J connectivity index is 1.88. The minimum Gasteiger partial charge on any atom is -0.465 e. The van der Waals surface area contributed by atoms with Crippen molar-refractivity contribution in [3.05, 3.63) is 63.9 Å². The Morgan fingerprint density at radius 2 is 1.93 bits per heavy atom. The lowest BCUT2D eigenvalue weighted by molar-refractivity contribution is -0.136. The summed E-state index contributed by atoms with van der Waals surface area (Å²) in [6, 6.07) is 8.13. The molecule has 1 aliphatic carbocycles. The van der Waals surface area contributed by atoms with Crippen molar-refractivity contribution in [1.82, 2.24) is 4.90 Å². The number of benzene rings is 1. The summed E-state index contributed by atoms with van der Waals surface area (Å²) >= 11 is 0. The van der Waals surface area contributed by atoms with Gasteiger partial charge in [-0.3, -0.25) is 4.79 Å². The highest BCUT2D eigenvalue weighted by Gasteiger charge is 2.36. The number of carbonyl (C=O) groups excluding carboxylic acids is 2. The highest BCUT2D eigenvalue weighted by molar-refractivity contribution is 6.16. The minimum atomic E-state index is -0.458. The van der Waals surface area contributed by atoms with E-state index in [0.29, 0.717) is 29.3 Å². The van der Waals surface area contributed by atoms with Crippen LogP contribution in [0, 0.1) is 0 Å². The standard InChI is InChI=1S/C25H31NO3/c1-17(2)21-12-10-20(11-13-21)16-22-23(25(28)29-4)18(3)26(24(22)27)15-14-19-8-6-5-7-9-19/h8,10-13,16-17H,5-7,9,14-15H2,1-4H3/b22-16-.